The van der Waals surface area contributed by atoms with Crippen molar-refractivity contribution in [2.24, 2.45) is 0 Å². The molecule has 0 radical (unpaired) electrons. The van der Waals surface area contributed by atoms with Gasteiger partial charge in [-0.05, 0) is 43.1 Å². The number of para-hydroxylation sites is 1. The zero-order valence-corrected chi connectivity index (χ0v) is 20.3. The van der Waals surface area contributed by atoms with Crippen LogP contribution in [0.4, 0.5) is 0 Å². The van der Waals surface area contributed by atoms with E-state index in [0.717, 1.165) is 66.6 Å². The lowest BCUT2D eigenvalue weighted by atomic mass is 9.95. The summed E-state index contributed by atoms with van der Waals surface area (Å²) in [4.78, 5) is 20.9. The van der Waals surface area contributed by atoms with Gasteiger partial charge in [0.2, 0.25) is 10.0 Å². The quantitative estimate of drug-likeness (QED) is 0.588. The molecular formula is C26H30N4O3S. The van der Waals surface area contributed by atoms with Crippen molar-refractivity contribution in [2.45, 2.75) is 44.2 Å². The molecule has 178 valence electrons. The number of likely N-dealkylation sites (N-methyl/N-ethyl adjacent to an activating group) is 1. The Hall–Kier alpha value is -2.81. The topological polar surface area (TPSA) is 82.6 Å². The third-order valence-electron chi connectivity index (χ3n) is 6.88. The Labute approximate surface area is 200 Å². The lowest BCUT2D eigenvalue weighted by Crippen LogP contribution is -2.34. The standard InChI is InChI=1S/C26H30N4O3S/c1-2-29-16-13-24-22(18-29)25(21-7-3-4-8-23(21)28-24)26(31)27-17-19-9-11-20(12-10-19)34(32,33)30-14-5-6-15-30/h3-4,7-12H,2,5-6,13-18H2,1H3,(H,27,31). The van der Waals surface area contributed by atoms with Gasteiger partial charge in [-0.15, -0.1) is 0 Å². The zero-order chi connectivity index (χ0) is 23.7. The first kappa shape index (κ1) is 23.0. The minimum Gasteiger partial charge on any atom is -0.348 e. The van der Waals surface area contributed by atoms with Crippen LogP contribution in [0.5, 0.6) is 0 Å². The maximum atomic E-state index is 13.4. The summed E-state index contributed by atoms with van der Waals surface area (Å²) in [5, 5.41) is 3.92. The van der Waals surface area contributed by atoms with E-state index in [9.17, 15) is 13.2 Å². The van der Waals surface area contributed by atoms with E-state index < -0.39 is 10.0 Å². The smallest absolute Gasteiger partial charge is 0.252 e. The molecule has 3 aromatic rings. The fourth-order valence-corrected chi connectivity index (χ4v) is 6.42. The molecule has 0 saturated carbocycles. The van der Waals surface area contributed by atoms with Gasteiger partial charge in [-0.2, -0.15) is 4.31 Å². The number of nitrogens with zero attached hydrogens (tertiary/aromatic N) is 3. The number of hydrogen-bond donors (Lipinski definition) is 1. The molecule has 7 nitrogen and oxygen atoms in total. The van der Waals surface area contributed by atoms with Crippen molar-refractivity contribution in [3.8, 4) is 0 Å². The number of amides is 1. The largest absolute Gasteiger partial charge is 0.348 e. The fourth-order valence-electron chi connectivity index (χ4n) is 4.90. The molecule has 1 amide bonds. The predicted octanol–water partition coefficient (Wildman–Crippen LogP) is 3.33. The maximum absolute atomic E-state index is 13.4. The van der Waals surface area contributed by atoms with Gasteiger partial charge in [0.25, 0.3) is 5.91 Å². The highest BCUT2D eigenvalue weighted by atomic mass is 32.2. The molecule has 1 aromatic heterocycles. The van der Waals surface area contributed by atoms with Gasteiger partial charge in [-0.25, -0.2) is 8.42 Å². The summed E-state index contributed by atoms with van der Waals surface area (Å²) in [6, 6.07) is 14.6. The average Bonchev–Trinajstić information content (AvgIpc) is 3.42. The number of sulfonamides is 1. The molecule has 1 saturated heterocycles. The number of fused-ring (bicyclic) bond motifs is 2. The molecule has 1 N–H and O–H groups in total. The van der Waals surface area contributed by atoms with Crippen molar-refractivity contribution >= 4 is 26.8 Å². The third-order valence-corrected chi connectivity index (χ3v) is 8.79. The highest BCUT2D eigenvalue weighted by molar-refractivity contribution is 7.89. The van der Waals surface area contributed by atoms with E-state index in [-0.39, 0.29) is 5.91 Å². The second-order valence-electron chi connectivity index (χ2n) is 8.99. The lowest BCUT2D eigenvalue weighted by Gasteiger charge is -2.29. The molecule has 0 bridgehead atoms. The van der Waals surface area contributed by atoms with Crippen LogP contribution in [-0.2, 0) is 29.5 Å². The Bertz CT molecular complexity index is 1320. The molecule has 0 unspecified atom stereocenters. The number of pyridine rings is 1. The van der Waals surface area contributed by atoms with Gasteiger partial charge in [0, 0.05) is 55.8 Å². The van der Waals surface area contributed by atoms with Crippen LogP contribution in [0.1, 0.15) is 46.9 Å². The first-order valence-electron chi connectivity index (χ1n) is 12.0. The molecule has 5 rings (SSSR count). The molecule has 34 heavy (non-hydrogen) atoms. The van der Waals surface area contributed by atoms with Crippen LogP contribution in [0.25, 0.3) is 10.9 Å². The average molecular weight is 479 g/mol. The Balaban J connectivity index is 1.37. The monoisotopic (exact) mass is 478 g/mol. The summed E-state index contributed by atoms with van der Waals surface area (Å²) in [6.45, 7) is 6.22. The summed E-state index contributed by atoms with van der Waals surface area (Å²) >= 11 is 0. The van der Waals surface area contributed by atoms with Crippen LogP contribution >= 0.6 is 0 Å². The Morgan fingerprint density at radius 3 is 2.50 bits per heavy atom. The van der Waals surface area contributed by atoms with Crippen LogP contribution < -0.4 is 5.32 Å². The first-order valence-corrected chi connectivity index (χ1v) is 13.4. The van der Waals surface area contributed by atoms with Crippen LogP contribution in [-0.4, -0.2) is 54.7 Å². The normalized spacial score (nSPS) is 17.1. The summed E-state index contributed by atoms with van der Waals surface area (Å²) < 4.78 is 27.1. The van der Waals surface area contributed by atoms with Crippen molar-refractivity contribution in [3.05, 3.63) is 70.9 Å². The van der Waals surface area contributed by atoms with Gasteiger partial charge in [-0.1, -0.05) is 37.3 Å². The van der Waals surface area contributed by atoms with Crippen LogP contribution in [0.2, 0.25) is 0 Å². The number of carbonyl (C=O) groups is 1. The summed E-state index contributed by atoms with van der Waals surface area (Å²) in [6.07, 6.45) is 2.65. The van der Waals surface area contributed by atoms with E-state index >= 15 is 0 Å². The Morgan fingerprint density at radius 1 is 1.03 bits per heavy atom. The number of rotatable bonds is 6. The van der Waals surface area contributed by atoms with Gasteiger partial charge in [0.1, 0.15) is 0 Å². The van der Waals surface area contributed by atoms with Crippen LogP contribution in [0.3, 0.4) is 0 Å². The van der Waals surface area contributed by atoms with Gasteiger partial charge < -0.3 is 5.32 Å². The SMILES string of the molecule is CCN1CCc2nc3ccccc3c(C(=O)NCc3ccc(S(=O)(=O)N4CCCC4)cc3)c2C1. The van der Waals surface area contributed by atoms with Gasteiger partial charge in [0.15, 0.2) is 0 Å². The van der Waals surface area contributed by atoms with Crippen molar-refractivity contribution in [3.63, 3.8) is 0 Å². The summed E-state index contributed by atoms with van der Waals surface area (Å²) in [7, 11) is -3.44. The Morgan fingerprint density at radius 2 is 1.76 bits per heavy atom. The van der Waals surface area contributed by atoms with Crippen molar-refractivity contribution in [1.82, 2.24) is 19.5 Å². The van der Waals surface area contributed by atoms with E-state index in [1.807, 2.05) is 24.3 Å². The van der Waals surface area contributed by atoms with Gasteiger partial charge >= 0.3 is 0 Å². The predicted molar refractivity (Wildman–Crippen MR) is 132 cm³/mol. The zero-order valence-electron chi connectivity index (χ0n) is 19.5. The number of aromatic nitrogens is 1. The van der Waals surface area contributed by atoms with Gasteiger partial charge in [0.05, 0.1) is 16.0 Å². The first-order chi connectivity index (χ1) is 16.5. The number of benzene rings is 2. The van der Waals surface area contributed by atoms with Crippen molar-refractivity contribution < 1.29 is 13.2 Å². The summed E-state index contributed by atoms with van der Waals surface area (Å²) in [5.41, 5.74) is 4.41. The van der Waals surface area contributed by atoms with Gasteiger partial charge in [-0.3, -0.25) is 14.7 Å². The second-order valence-corrected chi connectivity index (χ2v) is 10.9. The second kappa shape index (κ2) is 9.44. The van der Waals surface area contributed by atoms with Crippen molar-refractivity contribution in [2.75, 3.05) is 26.2 Å². The van der Waals surface area contributed by atoms with E-state index in [1.165, 1.54) is 0 Å². The molecule has 2 aliphatic rings. The fraction of sp³-hybridized carbons (Fsp3) is 0.385. The van der Waals surface area contributed by atoms with E-state index in [0.29, 0.717) is 30.1 Å². The molecule has 0 spiro atoms. The minimum atomic E-state index is -3.44. The van der Waals surface area contributed by atoms with E-state index in [2.05, 4.69) is 17.1 Å². The van der Waals surface area contributed by atoms with Crippen LogP contribution in [0.15, 0.2) is 53.4 Å². The molecule has 2 aliphatic heterocycles. The molecule has 1 fully saturated rings. The molecule has 0 aliphatic carbocycles. The number of nitrogens with one attached hydrogen (secondary N) is 1. The summed E-state index contributed by atoms with van der Waals surface area (Å²) in [5.74, 6) is -0.124. The minimum absolute atomic E-state index is 0.124. The highest BCUT2D eigenvalue weighted by Gasteiger charge is 2.27. The number of hydrogen-bond acceptors (Lipinski definition) is 5. The van der Waals surface area contributed by atoms with Crippen molar-refractivity contribution in [1.29, 1.82) is 0 Å². The number of carbonyl (C=O) groups excluding carboxylic acids is 1. The molecular weight excluding hydrogens is 448 g/mol. The molecule has 0 atom stereocenters. The highest BCUT2D eigenvalue weighted by Crippen LogP contribution is 2.28. The Kier molecular flexibility index (Phi) is 6.38. The molecule has 2 aromatic carbocycles. The molecule has 8 heteroatoms. The van der Waals surface area contributed by atoms with Crippen LogP contribution in [0, 0.1) is 0 Å². The van der Waals surface area contributed by atoms with E-state index in [1.54, 1.807) is 28.6 Å². The van der Waals surface area contributed by atoms with E-state index in [4.69, 9.17) is 4.98 Å². The third kappa shape index (κ3) is 4.33. The maximum Gasteiger partial charge on any atom is 0.252 e. The molecule has 3 heterocycles. The lowest BCUT2D eigenvalue weighted by molar-refractivity contribution is 0.0949.